The van der Waals surface area contributed by atoms with Crippen molar-refractivity contribution in [3.63, 3.8) is 0 Å². The molecule has 76 valence electrons. The lowest BCUT2D eigenvalue weighted by Crippen LogP contribution is -2.03. The molecule has 0 spiro atoms. The van der Waals surface area contributed by atoms with Gasteiger partial charge < -0.3 is 5.11 Å². The van der Waals surface area contributed by atoms with Gasteiger partial charge in [-0.1, -0.05) is 12.1 Å². The normalized spacial score (nSPS) is 12.5. The fraction of sp³-hybridized carbons (Fsp3) is 0.273. The van der Waals surface area contributed by atoms with Crippen LogP contribution in [-0.4, -0.2) is 5.11 Å². The van der Waals surface area contributed by atoms with Crippen LogP contribution < -0.4 is 0 Å². The topological polar surface area (TPSA) is 20.2 Å². The Balaban J connectivity index is 2.87. The number of hydrogen-bond donors (Lipinski definition) is 1. The van der Waals surface area contributed by atoms with Gasteiger partial charge in [-0.15, -0.1) is 6.58 Å². The van der Waals surface area contributed by atoms with Gasteiger partial charge in [0.05, 0.1) is 11.7 Å². The quantitative estimate of drug-likeness (QED) is 0.737. The minimum Gasteiger partial charge on any atom is -0.388 e. The molecule has 0 aliphatic carbocycles. The summed E-state index contributed by atoms with van der Waals surface area (Å²) in [5, 5.41) is 9.49. The Labute approximate surface area is 81.7 Å². The van der Waals surface area contributed by atoms with Crippen LogP contribution in [0.15, 0.2) is 30.9 Å². The van der Waals surface area contributed by atoms with Gasteiger partial charge in [-0.3, -0.25) is 0 Å². The van der Waals surface area contributed by atoms with Gasteiger partial charge >= 0.3 is 0 Å². The van der Waals surface area contributed by atoms with E-state index < -0.39 is 17.7 Å². The predicted molar refractivity (Wildman–Crippen MR) is 50.7 cm³/mol. The van der Waals surface area contributed by atoms with Crippen molar-refractivity contribution < 1.29 is 13.9 Å². The zero-order chi connectivity index (χ0) is 10.6. The van der Waals surface area contributed by atoms with Crippen molar-refractivity contribution in [1.29, 1.82) is 0 Å². The highest BCUT2D eigenvalue weighted by molar-refractivity contribution is 5.21. The molecular weight excluding hydrogens is 186 g/mol. The number of hydrogen-bond acceptors (Lipinski definition) is 1. The van der Waals surface area contributed by atoms with E-state index in [4.69, 9.17) is 0 Å². The SMILES string of the molecule is C=CCCC(O)c1c(F)cccc1F. The number of halogens is 2. The number of aliphatic hydroxyl groups excluding tert-OH is 1. The molecule has 1 nitrogen and oxygen atoms in total. The van der Waals surface area contributed by atoms with Crippen molar-refractivity contribution in [2.45, 2.75) is 18.9 Å². The summed E-state index contributed by atoms with van der Waals surface area (Å²) < 4.78 is 26.2. The van der Waals surface area contributed by atoms with Crippen LogP contribution in [0.2, 0.25) is 0 Å². The Hall–Kier alpha value is -1.22. The lowest BCUT2D eigenvalue weighted by atomic mass is 10.0. The van der Waals surface area contributed by atoms with Gasteiger partial charge in [-0.05, 0) is 25.0 Å². The van der Waals surface area contributed by atoms with Crippen LogP contribution in [0.4, 0.5) is 8.78 Å². The molecule has 0 bridgehead atoms. The van der Waals surface area contributed by atoms with Gasteiger partial charge in [0.2, 0.25) is 0 Å². The first-order chi connectivity index (χ1) is 6.66. The maximum absolute atomic E-state index is 13.1. The molecule has 1 unspecified atom stereocenters. The summed E-state index contributed by atoms with van der Waals surface area (Å²) in [7, 11) is 0. The van der Waals surface area contributed by atoms with Crippen LogP contribution in [0.25, 0.3) is 0 Å². The molecule has 0 fully saturated rings. The average Bonchev–Trinajstić information content (AvgIpc) is 2.14. The van der Waals surface area contributed by atoms with Gasteiger partial charge in [0.15, 0.2) is 0 Å². The van der Waals surface area contributed by atoms with Crippen molar-refractivity contribution in [2.24, 2.45) is 0 Å². The van der Waals surface area contributed by atoms with Crippen LogP contribution in [0.5, 0.6) is 0 Å². The first-order valence-corrected chi connectivity index (χ1v) is 4.39. The standard InChI is InChI=1S/C11H12F2O/c1-2-3-7-10(14)11-8(12)5-4-6-9(11)13/h2,4-6,10,14H,1,3,7H2. The summed E-state index contributed by atoms with van der Waals surface area (Å²) in [6, 6.07) is 3.54. The molecule has 0 amide bonds. The maximum atomic E-state index is 13.1. The van der Waals surface area contributed by atoms with Crippen molar-refractivity contribution in [1.82, 2.24) is 0 Å². The minimum absolute atomic E-state index is 0.255. The first-order valence-electron chi connectivity index (χ1n) is 4.39. The van der Waals surface area contributed by atoms with E-state index in [1.807, 2.05) is 0 Å². The Bertz CT molecular complexity index is 303. The molecule has 3 heteroatoms. The van der Waals surface area contributed by atoms with Crippen molar-refractivity contribution in [3.05, 3.63) is 48.1 Å². The third-order valence-electron chi connectivity index (χ3n) is 1.98. The van der Waals surface area contributed by atoms with Gasteiger partial charge in [-0.2, -0.15) is 0 Å². The fourth-order valence-electron chi connectivity index (χ4n) is 1.25. The number of rotatable bonds is 4. The average molecular weight is 198 g/mol. The van der Waals surface area contributed by atoms with Gasteiger partial charge in [-0.25, -0.2) is 8.78 Å². The van der Waals surface area contributed by atoms with Gasteiger partial charge in [0.1, 0.15) is 11.6 Å². The van der Waals surface area contributed by atoms with Crippen LogP contribution in [0.3, 0.4) is 0 Å². The second kappa shape index (κ2) is 4.86. The molecule has 1 atom stereocenters. The van der Waals surface area contributed by atoms with E-state index in [1.54, 1.807) is 6.08 Å². The predicted octanol–water partition coefficient (Wildman–Crippen LogP) is 2.96. The Morgan fingerprint density at radius 2 is 1.93 bits per heavy atom. The van der Waals surface area contributed by atoms with Gasteiger partial charge in [0, 0.05) is 0 Å². The third-order valence-corrected chi connectivity index (χ3v) is 1.98. The monoisotopic (exact) mass is 198 g/mol. The summed E-state index contributed by atoms with van der Waals surface area (Å²) in [6.45, 7) is 3.47. The van der Waals surface area contributed by atoms with E-state index in [9.17, 15) is 13.9 Å². The largest absolute Gasteiger partial charge is 0.388 e. The van der Waals surface area contributed by atoms with E-state index in [0.717, 1.165) is 12.1 Å². The summed E-state index contributed by atoms with van der Waals surface area (Å²) in [5.74, 6) is -1.41. The zero-order valence-corrected chi connectivity index (χ0v) is 7.71. The second-order valence-electron chi connectivity index (χ2n) is 3.02. The van der Waals surface area contributed by atoms with Crippen LogP contribution >= 0.6 is 0 Å². The van der Waals surface area contributed by atoms with E-state index in [1.165, 1.54) is 6.07 Å². The first kappa shape index (κ1) is 10.9. The Kier molecular flexibility index (Phi) is 3.77. The molecule has 0 aromatic heterocycles. The van der Waals surface area contributed by atoms with Crippen LogP contribution in [-0.2, 0) is 0 Å². The van der Waals surface area contributed by atoms with Crippen LogP contribution in [0, 0.1) is 11.6 Å². The zero-order valence-electron chi connectivity index (χ0n) is 7.71. The lowest BCUT2D eigenvalue weighted by Gasteiger charge is -2.11. The summed E-state index contributed by atoms with van der Waals surface area (Å²) >= 11 is 0. The Morgan fingerprint density at radius 3 is 2.43 bits per heavy atom. The molecular formula is C11H12F2O. The highest BCUT2D eigenvalue weighted by Crippen LogP contribution is 2.24. The molecule has 14 heavy (non-hydrogen) atoms. The van der Waals surface area contributed by atoms with E-state index in [-0.39, 0.29) is 12.0 Å². The molecule has 1 aromatic rings. The summed E-state index contributed by atoms with van der Waals surface area (Å²) in [5.41, 5.74) is -0.255. The number of benzene rings is 1. The van der Waals surface area contributed by atoms with E-state index in [0.29, 0.717) is 6.42 Å². The molecule has 0 aliphatic heterocycles. The van der Waals surface area contributed by atoms with Crippen molar-refractivity contribution >= 4 is 0 Å². The molecule has 1 rings (SSSR count). The van der Waals surface area contributed by atoms with Crippen molar-refractivity contribution in [3.8, 4) is 0 Å². The maximum Gasteiger partial charge on any atom is 0.131 e. The molecule has 1 N–H and O–H groups in total. The van der Waals surface area contributed by atoms with E-state index in [2.05, 4.69) is 6.58 Å². The molecule has 0 saturated carbocycles. The number of aliphatic hydroxyl groups is 1. The lowest BCUT2D eigenvalue weighted by molar-refractivity contribution is 0.159. The Morgan fingerprint density at radius 1 is 1.36 bits per heavy atom. The summed E-state index contributed by atoms with van der Waals surface area (Å²) in [4.78, 5) is 0. The molecule has 1 aromatic carbocycles. The molecule has 0 saturated heterocycles. The van der Waals surface area contributed by atoms with Crippen molar-refractivity contribution in [2.75, 3.05) is 0 Å². The third kappa shape index (κ3) is 2.39. The summed E-state index contributed by atoms with van der Waals surface area (Å²) in [6.07, 6.45) is 1.30. The van der Waals surface area contributed by atoms with Crippen LogP contribution in [0.1, 0.15) is 24.5 Å². The highest BCUT2D eigenvalue weighted by Gasteiger charge is 2.16. The smallest absolute Gasteiger partial charge is 0.131 e. The molecule has 0 radical (unpaired) electrons. The molecule has 0 aliphatic rings. The van der Waals surface area contributed by atoms with Gasteiger partial charge in [0.25, 0.3) is 0 Å². The van der Waals surface area contributed by atoms with E-state index >= 15 is 0 Å². The second-order valence-corrected chi connectivity index (χ2v) is 3.02. The minimum atomic E-state index is -1.10. The number of allylic oxidation sites excluding steroid dienone is 1. The highest BCUT2D eigenvalue weighted by atomic mass is 19.1. The fourth-order valence-corrected chi connectivity index (χ4v) is 1.25. The molecule has 0 heterocycles.